The van der Waals surface area contributed by atoms with Crippen LogP contribution in [0.4, 0.5) is 5.69 Å². The van der Waals surface area contributed by atoms with Crippen molar-refractivity contribution in [2.45, 2.75) is 19.4 Å². The summed E-state index contributed by atoms with van der Waals surface area (Å²) < 4.78 is 0. The lowest BCUT2D eigenvalue weighted by atomic mass is 9.98. The zero-order valence-electron chi connectivity index (χ0n) is 11.6. The first-order valence-corrected chi connectivity index (χ1v) is 7.26. The number of hydrogen-bond acceptors (Lipinski definition) is 4. The summed E-state index contributed by atoms with van der Waals surface area (Å²) >= 11 is 6.07. The Morgan fingerprint density at radius 1 is 1.55 bits per heavy atom. The third-order valence-electron chi connectivity index (χ3n) is 3.71. The standard InChI is InChI=1S/C14H20ClN3O2/c1-17-6-2-3-11(10-17)8-16-9-12-7-13(18(19)20)4-5-14(12)15/h4-5,7,11,16H,2-3,6,8-10H2,1H3. The summed E-state index contributed by atoms with van der Waals surface area (Å²) in [7, 11) is 2.14. The Morgan fingerprint density at radius 2 is 2.35 bits per heavy atom. The summed E-state index contributed by atoms with van der Waals surface area (Å²) in [5.41, 5.74) is 0.869. The Morgan fingerprint density at radius 3 is 3.05 bits per heavy atom. The van der Waals surface area contributed by atoms with Gasteiger partial charge in [-0.3, -0.25) is 10.1 Å². The lowest BCUT2D eigenvalue weighted by Crippen LogP contribution is -2.37. The fourth-order valence-corrected chi connectivity index (χ4v) is 2.85. The molecule has 1 aliphatic rings. The van der Waals surface area contributed by atoms with Gasteiger partial charge in [0.2, 0.25) is 0 Å². The number of nitrogens with zero attached hydrogens (tertiary/aromatic N) is 2. The largest absolute Gasteiger partial charge is 0.312 e. The maximum atomic E-state index is 10.8. The first-order chi connectivity index (χ1) is 9.56. The number of hydrogen-bond donors (Lipinski definition) is 1. The molecule has 2 rings (SSSR count). The molecule has 6 heteroatoms. The molecule has 1 N–H and O–H groups in total. The molecule has 20 heavy (non-hydrogen) atoms. The van der Waals surface area contributed by atoms with E-state index < -0.39 is 4.92 Å². The van der Waals surface area contributed by atoms with Crippen LogP contribution in [0.2, 0.25) is 5.02 Å². The van der Waals surface area contributed by atoms with Crippen LogP contribution >= 0.6 is 11.6 Å². The van der Waals surface area contributed by atoms with Crippen LogP contribution in [-0.2, 0) is 6.54 Å². The highest BCUT2D eigenvalue weighted by Crippen LogP contribution is 2.22. The third kappa shape index (κ3) is 4.16. The summed E-state index contributed by atoms with van der Waals surface area (Å²) in [6.45, 7) is 3.77. The number of nitro benzene ring substituents is 1. The third-order valence-corrected chi connectivity index (χ3v) is 4.08. The Balaban J connectivity index is 1.87. The van der Waals surface area contributed by atoms with Crippen LogP contribution < -0.4 is 5.32 Å². The van der Waals surface area contributed by atoms with Crippen LogP contribution in [0.3, 0.4) is 0 Å². The lowest BCUT2D eigenvalue weighted by molar-refractivity contribution is -0.384. The average molecular weight is 298 g/mol. The SMILES string of the molecule is CN1CCCC(CNCc2cc([N+](=O)[O-])ccc2Cl)C1. The molecule has 1 atom stereocenters. The second kappa shape index (κ2) is 7.02. The summed E-state index contributed by atoms with van der Waals surface area (Å²) in [5.74, 6) is 0.645. The number of nitrogens with one attached hydrogen (secondary N) is 1. The summed E-state index contributed by atoms with van der Waals surface area (Å²) in [6.07, 6.45) is 2.47. The van der Waals surface area contributed by atoms with E-state index in [9.17, 15) is 10.1 Å². The van der Waals surface area contributed by atoms with Crippen LogP contribution in [0.25, 0.3) is 0 Å². The molecule has 1 saturated heterocycles. The average Bonchev–Trinajstić information content (AvgIpc) is 2.40. The van der Waals surface area contributed by atoms with E-state index in [1.165, 1.54) is 25.5 Å². The Bertz CT molecular complexity index is 481. The highest BCUT2D eigenvalue weighted by atomic mass is 35.5. The predicted molar refractivity (Wildman–Crippen MR) is 80.0 cm³/mol. The highest BCUT2D eigenvalue weighted by molar-refractivity contribution is 6.31. The molecule has 0 radical (unpaired) electrons. The maximum absolute atomic E-state index is 10.8. The Labute approximate surface area is 124 Å². The minimum atomic E-state index is -0.393. The first-order valence-electron chi connectivity index (χ1n) is 6.88. The smallest absolute Gasteiger partial charge is 0.269 e. The van der Waals surface area contributed by atoms with E-state index in [2.05, 4.69) is 17.3 Å². The number of non-ortho nitro benzene ring substituents is 1. The minimum absolute atomic E-state index is 0.0867. The first kappa shape index (κ1) is 15.2. The van der Waals surface area contributed by atoms with E-state index in [0.29, 0.717) is 17.5 Å². The number of likely N-dealkylation sites (tertiary alicyclic amines) is 1. The molecule has 0 aliphatic carbocycles. The van der Waals surface area contributed by atoms with Gasteiger partial charge in [0.15, 0.2) is 0 Å². The second-order valence-corrected chi connectivity index (χ2v) is 5.84. The fourth-order valence-electron chi connectivity index (χ4n) is 2.66. The van der Waals surface area contributed by atoms with E-state index in [1.807, 2.05) is 0 Å². The number of halogens is 1. The van der Waals surface area contributed by atoms with E-state index in [-0.39, 0.29) is 5.69 Å². The van der Waals surface area contributed by atoms with Gasteiger partial charge >= 0.3 is 0 Å². The molecule has 1 heterocycles. The highest BCUT2D eigenvalue weighted by Gasteiger charge is 2.17. The maximum Gasteiger partial charge on any atom is 0.269 e. The van der Waals surface area contributed by atoms with Crippen molar-refractivity contribution in [3.8, 4) is 0 Å². The molecule has 0 bridgehead atoms. The lowest BCUT2D eigenvalue weighted by Gasteiger charge is -2.29. The molecule has 1 unspecified atom stereocenters. The van der Waals surface area contributed by atoms with Crippen LogP contribution in [0.15, 0.2) is 18.2 Å². The molecule has 0 aromatic heterocycles. The number of nitro groups is 1. The Hall–Kier alpha value is -1.17. The van der Waals surface area contributed by atoms with Crippen molar-refractivity contribution < 1.29 is 4.92 Å². The van der Waals surface area contributed by atoms with Crippen molar-refractivity contribution in [1.82, 2.24) is 10.2 Å². The fraction of sp³-hybridized carbons (Fsp3) is 0.571. The molecule has 0 amide bonds. The number of benzene rings is 1. The quantitative estimate of drug-likeness (QED) is 0.670. The summed E-state index contributed by atoms with van der Waals surface area (Å²) in [5, 5.41) is 14.7. The van der Waals surface area contributed by atoms with Gasteiger partial charge in [-0.1, -0.05) is 11.6 Å². The molecule has 5 nitrogen and oxygen atoms in total. The molecule has 1 fully saturated rings. The monoisotopic (exact) mass is 297 g/mol. The van der Waals surface area contributed by atoms with Crippen molar-refractivity contribution in [2.75, 3.05) is 26.7 Å². The van der Waals surface area contributed by atoms with Crippen LogP contribution in [0, 0.1) is 16.0 Å². The van der Waals surface area contributed by atoms with E-state index in [1.54, 1.807) is 12.1 Å². The Kier molecular flexibility index (Phi) is 5.34. The van der Waals surface area contributed by atoms with Crippen LogP contribution in [0.5, 0.6) is 0 Å². The van der Waals surface area contributed by atoms with Gasteiger partial charge in [-0.2, -0.15) is 0 Å². The predicted octanol–water partition coefficient (Wildman–Crippen LogP) is 2.68. The minimum Gasteiger partial charge on any atom is -0.312 e. The normalized spacial score (nSPS) is 20.0. The zero-order valence-corrected chi connectivity index (χ0v) is 12.4. The van der Waals surface area contributed by atoms with Crippen molar-refractivity contribution in [2.24, 2.45) is 5.92 Å². The summed E-state index contributed by atoms with van der Waals surface area (Å²) in [6, 6.07) is 4.56. The van der Waals surface area contributed by atoms with Gasteiger partial charge in [-0.25, -0.2) is 0 Å². The molecular formula is C14H20ClN3O2. The van der Waals surface area contributed by atoms with Crippen molar-refractivity contribution in [1.29, 1.82) is 0 Å². The second-order valence-electron chi connectivity index (χ2n) is 5.43. The number of rotatable bonds is 5. The number of piperidine rings is 1. The molecule has 1 aliphatic heterocycles. The zero-order chi connectivity index (χ0) is 14.5. The van der Waals surface area contributed by atoms with Gasteiger partial charge < -0.3 is 10.2 Å². The molecule has 0 spiro atoms. The van der Waals surface area contributed by atoms with Gasteiger partial charge in [0.05, 0.1) is 4.92 Å². The van der Waals surface area contributed by atoms with Gasteiger partial charge in [0, 0.05) is 30.2 Å². The molecule has 110 valence electrons. The van der Waals surface area contributed by atoms with Crippen molar-refractivity contribution >= 4 is 17.3 Å². The van der Waals surface area contributed by atoms with Crippen LogP contribution in [-0.4, -0.2) is 36.5 Å². The van der Waals surface area contributed by atoms with Crippen molar-refractivity contribution in [3.05, 3.63) is 38.9 Å². The van der Waals surface area contributed by atoms with Gasteiger partial charge in [0.1, 0.15) is 0 Å². The van der Waals surface area contributed by atoms with Gasteiger partial charge in [-0.15, -0.1) is 0 Å². The topological polar surface area (TPSA) is 58.4 Å². The molecule has 0 saturated carbocycles. The van der Waals surface area contributed by atoms with Crippen LogP contribution in [0.1, 0.15) is 18.4 Å². The van der Waals surface area contributed by atoms with Gasteiger partial charge in [-0.05, 0) is 50.5 Å². The van der Waals surface area contributed by atoms with E-state index >= 15 is 0 Å². The van der Waals surface area contributed by atoms with E-state index in [4.69, 9.17) is 11.6 Å². The molecule has 1 aromatic carbocycles. The molecule has 1 aromatic rings. The van der Waals surface area contributed by atoms with Crippen molar-refractivity contribution in [3.63, 3.8) is 0 Å². The molecular weight excluding hydrogens is 278 g/mol. The van der Waals surface area contributed by atoms with E-state index in [0.717, 1.165) is 18.7 Å². The van der Waals surface area contributed by atoms with Gasteiger partial charge in [0.25, 0.3) is 5.69 Å². The summed E-state index contributed by atoms with van der Waals surface area (Å²) in [4.78, 5) is 12.7.